The molecular formula is C18H23N3O3. The molecule has 0 aliphatic carbocycles. The van der Waals surface area contributed by atoms with Crippen molar-refractivity contribution in [3.8, 4) is 0 Å². The third-order valence-electron chi connectivity index (χ3n) is 4.11. The molecule has 0 unspecified atom stereocenters. The Bertz CT molecular complexity index is 697. The van der Waals surface area contributed by atoms with Gasteiger partial charge in [-0.05, 0) is 26.0 Å². The van der Waals surface area contributed by atoms with E-state index in [0.29, 0.717) is 38.5 Å². The fourth-order valence-corrected chi connectivity index (χ4v) is 2.92. The van der Waals surface area contributed by atoms with Crippen LogP contribution in [-0.2, 0) is 4.79 Å². The van der Waals surface area contributed by atoms with Gasteiger partial charge >= 0.3 is 0 Å². The maximum Gasteiger partial charge on any atom is 0.289 e. The lowest BCUT2D eigenvalue weighted by molar-refractivity contribution is -0.123. The van der Waals surface area contributed by atoms with E-state index in [1.54, 1.807) is 11.0 Å². The number of furan rings is 1. The monoisotopic (exact) mass is 329 g/mol. The lowest BCUT2D eigenvalue weighted by atomic mass is 10.2. The van der Waals surface area contributed by atoms with Crippen molar-refractivity contribution in [2.75, 3.05) is 32.7 Å². The van der Waals surface area contributed by atoms with Crippen LogP contribution in [-0.4, -0.2) is 60.4 Å². The smallest absolute Gasteiger partial charge is 0.289 e. The van der Waals surface area contributed by atoms with E-state index in [9.17, 15) is 9.59 Å². The van der Waals surface area contributed by atoms with Gasteiger partial charge in [-0.1, -0.05) is 18.2 Å². The number of nitrogens with one attached hydrogen (secondary N) is 1. The van der Waals surface area contributed by atoms with E-state index >= 15 is 0 Å². The minimum atomic E-state index is -0.0857. The van der Waals surface area contributed by atoms with Crippen molar-refractivity contribution in [3.05, 3.63) is 36.1 Å². The van der Waals surface area contributed by atoms with Crippen LogP contribution in [0.2, 0.25) is 0 Å². The molecule has 6 nitrogen and oxygen atoms in total. The molecule has 1 aromatic heterocycles. The Morgan fingerprint density at radius 3 is 2.54 bits per heavy atom. The second-order valence-corrected chi connectivity index (χ2v) is 6.44. The van der Waals surface area contributed by atoms with Crippen LogP contribution in [0.4, 0.5) is 0 Å². The number of benzene rings is 1. The molecule has 0 spiro atoms. The van der Waals surface area contributed by atoms with E-state index in [0.717, 1.165) is 11.0 Å². The fraction of sp³-hybridized carbons (Fsp3) is 0.444. The van der Waals surface area contributed by atoms with Crippen molar-refractivity contribution < 1.29 is 14.0 Å². The molecule has 0 saturated carbocycles. The first kappa shape index (κ1) is 16.5. The average molecular weight is 329 g/mol. The number of rotatable bonds is 4. The minimum Gasteiger partial charge on any atom is -0.451 e. The molecule has 1 aliphatic rings. The van der Waals surface area contributed by atoms with Crippen LogP contribution in [0.5, 0.6) is 0 Å². The number of hydrogen-bond acceptors (Lipinski definition) is 4. The minimum absolute atomic E-state index is 0.0297. The lowest BCUT2D eigenvalue weighted by Gasteiger charge is -2.33. The summed E-state index contributed by atoms with van der Waals surface area (Å²) in [7, 11) is 0. The van der Waals surface area contributed by atoms with Crippen molar-refractivity contribution >= 4 is 22.8 Å². The van der Waals surface area contributed by atoms with Crippen LogP contribution in [0.15, 0.2) is 34.7 Å². The number of carbonyl (C=O) groups excluding carboxylic acids is 2. The molecular weight excluding hydrogens is 306 g/mol. The summed E-state index contributed by atoms with van der Waals surface area (Å²) < 4.78 is 5.65. The molecule has 2 aromatic rings. The summed E-state index contributed by atoms with van der Waals surface area (Å²) in [6.45, 7) is 6.86. The molecule has 0 bridgehead atoms. The summed E-state index contributed by atoms with van der Waals surface area (Å²) in [5.41, 5.74) is 0.727. The molecule has 128 valence electrons. The Kier molecular flexibility index (Phi) is 4.85. The van der Waals surface area contributed by atoms with Crippen LogP contribution in [0.1, 0.15) is 24.4 Å². The standard InChI is InChI=1S/C18H23N3O3/c1-13(2)19-17(22)12-20-7-9-21(10-8-20)18(23)16-11-14-5-3-4-6-15(14)24-16/h3-6,11,13H,7-10,12H2,1-2H3,(H,19,22). The van der Waals surface area contributed by atoms with Crippen molar-refractivity contribution in [2.45, 2.75) is 19.9 Å². The molecule has 1 fully saturated rings. The molecule has 0 atom stereocenters. The van der Waals surface area contributed by atoms with E-state index in [1.807, 2.05) is 38.1 Å². The van der Waals surface area contributed by atoms with Crippen molar-refractivity contribution in [2.24, 2.45) is 0 Å². The molecule has 3 rings (SSSR count). The maximum absolute atomic E-state index is 12.6. The molecule has 2 heterocycles. The first-order valence-corrected chi connectivity index (χ1v) is 8.32. The molecule has 0 radical (unpaired) electrons. The molecule has 1 aromatic carbocycles. The summed E-state index contributed by atoms with van der Waals surface area (Å²) in [4.78, 5) is 28.2. The zero-order valence-electron chi connectivity index (χ0n) is 14.1. The van der Waals surface area contributed by atoms with E-state index in [-0.39, 0.29) is 17.9 Å². The zero-order valence-corrected chi connectivity index (χ0v) is 14.1. The maximum atomic E-state index is 12.6. The molecule has 24 heavy (non-hydrogen) atoms. The van der Waals surface area contributed by atoms with E-state index in [4.69, 9.17) is 4.42 Å². The molecule has 6 heteroatoms. The molecule has 2 amide bonds. The van der Waals surface area contributed by atoms with E-state index in [1.165, 1.54) is 0 Å². The van der Waals surface area contributed by atoms with Crippen molar-refractivity contribution in [3.63, 3.8) is 0 Å². The van der Waals surface area contributed by atoms with Gasteiger partial charge in [-0.2, -0.15) is 0 Å². The van der Waals surface area contributed by atoms with Gasteiger partial charge in [0.05, 0.1) is 6.54 Å². The first-order valence-electron chi connectivity index (χ1n) is 8.32. The average Bonchev–Trinajstić information content (AvgIpc) is 2.98. The summed E-state index contributed by atoms with van der Waals surface area (Å²) in [5.74, 6) is 0.321. The van der Waals surface area contributed by atoms with E-state index in [2.05, 4.69) is 10.2 Å². The van der Waals surface area contributed by atoms with Gasteiger partial charge in [0, 0.05) is 37.6 Å². The zero-order chi connectivity index (χ0) is 17.1. The Labute approximate surface area is 141 Å². The summed E-state index contributed by atoms with van der Waals surface area (Å²) in [6.07, 6.45) is 0. The predicted molar refractivity (Wildman–Crippen MR) is 91.8 cm³/mol. The van der Waals surface area contributed by atoms with Gasteiger partial charge in [0.2, 0.25) is 5.91 Å². The summed E-state index contributed by atoms with van der Waals surface area (Å²) in [5, 5.41) is 3.82. The summed E-state index contributed by atoms with van der Waals surface area (Å²) in [6, 6.07) is 9.54. The third kappa shape index (κ3) is 3.76. The third-order valence-corrected chi connectivity index (χ3v) is 4.11. The Morgan fingerprint density at radius 2 is 1.88 bits per heavy atom. The lowest BCUT2D eigenvalue weighted by Crippen LogP contribution is -2.51. The number of fused-ring (bicyclic) bond motifs is 1. The highest BCUT2D eigenvalue weighted by Crippen LogP contribution is 2.20. The number of amides is 2. The highest BCUT2D eigenvalue weighted by Gasteiger charge is 2.25. The van der Waals surface area contributed by atoms with Crippen LogP contribution in [0.3, 0.4) is 0 Å². The summed E-state index contributed by atoms with van der Waals surface area (Å²) >= 11 is 0. The molecule has 1 aliphatic heterocycles. The van der Waals surface area contributed by atoms with Gasteiger partial charge in [-0.3, -0.25) is 14.5 Å². The van der Waals surface area contributed by atoms with E-state index < -0.39 is 0 Å². The van der Waals surface area contributed by atoms with Gasteiger partial charge in [0.1, 0.15) is 5.58 Å². The molecule has 1 N–H and O–H groups in total. The number of carbonyl (C=O) groups is 2. The molecule has 1 saturated heterocycles. The Hall–Kier alpha value is -2.34. The van der Waals surface area contributed by atoms with Crippen molar-refractivity contribution in [1.82, 2.24) is 15.1 Å². The topological polar surface area (TPSA) is 65.8 Å². The fourth-order valence-electron chi connectivity index (χ4n) is 2.92. The number of piperazine rings is 1. The highest BCUT2D eigenvalue weighted by atomic mass is 16.3. The van der Waals surface area contributed by atoms with Gasteiger partial charge < -0.3 is 14.6 Å². The van der Waals surface area contributed by atoms with Crippen LogP contribution in [0, 0.1) is 0 Å². The second kappa shape index (κ2) is 7.05. The SMILES string of the molecule is CC(C)NC(=O)CN1CCN(C(=O)c2cc3ccccc3o2)CC1. The Balaban J connectivity index is 1.56. The van der Waals surface area contributed by atoms with Gasteiger partial charge in [-0.25, -0.2) is 0 Å². The number of nitrogens with zero attached hydrogens (tertiary/aromatic N) is 2. The quantitative estimate of drug-likeness (QED) is 0.927. The van der Waals surface area contributed by atoms with Gasteiger partial charge in [0.15, 0.2) is 5.76 Å². The van der Waals surface area contributed by atoms with Crippen molar-refractivity contribution in [1.29, 1.82) is 0 Å². The van der Waals surface area contributed by atoms with Gasteiger partial charge in [-0.15, -0.1) is 0 Å². The van der Waals surface area contributed by atoms with Crippen LogP contribution >= 0.6 is 0 Å². The number of para-hydroxylation sites is 1. The normalized spacial score (nSPS) is 15.9. The second-order valence-electron chi connectivity index (χ2n) is 6.44. The Morgan fingerprint density at radius 1 is 1.17 bits per heavy atom. The van der Waals surface area contributed by atoms with Crippen LogP contribution < -0.4 is 5.32 Å². The van der Waals surface area contributed by atoms with Crippen LogP contribution in [0.25, 0.3) is 11.0 Å². The first-order chi connectivity index (χ1) is 11.5. The number of hydrogen-bond donors (Lipinski definition) is 1. The largest absolute Gasteiger partial charge is 0.451 e. The van der Waals surface area contributed by atoms with Gasteiger partial charge in [0.25, 0.3) is 5.91 Å². The highest BCUT2D eigenvalue weighted by molar-refractivity contribution is 5.96. The predicted octanol–water partition coefficient (Wildman–Crippen LogP) is 1.72.